The molecule has 1 N–H and O–H groups in total. The number of rotatable bonds is 2. The summed E-state index contributed by atoms with van der Waals surface area (Å²) in [7, 11) is 0. The fourth-order valence-electron chi connectivity index (χ4n) is 2.03. The number of nitrogens with zero attached hydrogens (tertiary/aromatic N) is 3. The molecule has 19 heavy (non-hydrogen) atoms. The molecule has 5 nitrogen and oxygen atoms in total. The average molecular weight is 258 g/mol. The molecule has 0 aromatic carbocycles. The fraction of sp³-hybridized carbons (Fsp3) is 0.500. The van der Waals surface area contributed by atoms with Crippen molar-refractivity contribution in [3.63, 3.8) is 0 Å². The third kappa shape index (κ3) is 2.32. The van der Waals surface area contributed by atoms with Gasteiger partial charge in [0.2, 0.25) is 0 Å². The first-order valence-electron chi connectivity index (χ1n) is 6.61. The third-order valence-electron chi connectivity index (χ3n) is 3.25. The van der Waals surface area contributed by atoms with Crippen molar-refractivity contribution in [3.8, 4) is 0 Å². The maximum Gasteiger partial charge on any atom is 0.252 e. The van der Waals surface area contributed by atoms with Crippen molar-refractivity contribution in [1.82, 2.24) is 19.9 Å². The zero-order valence-corrected chi connectivity index (χ0v) is 11.5. The minimum Gasteiger partial charge on any atom is -0.349 e. The highest BCUT2D eigenvalue weighted by atomic mass is 16.1. The van der Waals surface area contributed by atoms with E-state index in [-0.39, 0.29) is 11.3 Å². The molecule has 5 heteroatoms. The molecule has 1 saturated carbocycles. The van der Waals surface area contributed by atoms with Crippen LogP contribution in [0.25, 0.3) is 5.65 Å². The summed E-state index contributed by atoms with van der Waals surface area (Å²) in [5.41, 5.74) is 1.32. The Kier molecular flexibility index (Phi) is 2.59. The second-order valence-electron chi connectivity index (χ2n) is 6.17. The molecule has 100 valence electrons. The van der Waals surface area contributed by atoms with Gasteiger partial charge in [-0.1, -0.05) is 20.8 Å². The van der Waals surface area contributed by atoms with Gasteiger partial charge in [-0.25, -0.2) is 0 Å². The lowest BCUT2D eigenvalue weighted by Crippen LogP contribution is -2.25. The van der Waals surface area contributed by atoms with E-state index in [0.717, 1.165) is 24.3 Å². The molecule has 0 unspecified atom stereocenters. The Hall–Kier alpha value is -1.91. The number of aromatic nitrogens is 3. The summed E-state index contributed by atoms with van der Waals surface area (Å²) in [6.07, 6.45) is 4.01. The van der Waals surface area contributed by atoms with Gasteiger partial charge in [-0.3, -0.25) is 9.20 Å². The van der Waals surface area contributed by atoms with Gasteiger partial charge in [0.15, 0.2) is 5.65 Å². The molecule has 1 aliphatic rings. The molecule has 2 aromatic heterocycles. The van der Waals surface area contributed by atoms with Gasteiger partial charge < -0.3 is 5.32 Å². The fourth-order valence-corrected chi connectivity index (χ4v) is 2.03. The van der Waals surface area contributed by atoms with Crippen molar-refractivity contribution in [3.05, 3.63) is 29.7 Å². The summed E-state index contributed by atoms with van der Waals surface area (Å²) in [6, 6.07) is 4.00. The van der Waals surface area contributed by atoms with E-state index in [4.69, 9.17) is 0 Å². The SMILES string of the molecule is CC(C)(C)c1nnc2ccc(C(=O)NC3CC3)cn12. The smallest absolute Gasteiger partial charge is 0.252 e. The van der Waals surface area contributed by atoms with Crippen LogP contribution in [0.4, 0.5) is 0 Å². The third-order valence-corrected chi connectivity index (χ3v) is 3.25. The number of amides is 1. The Morgan fingerprint density at radius 3 is 2.68 bits per heavy atom. The summed E-state index contributed by atoms with van der Waals surface area (Å²) in [5.74, 6) is 0.849. The van der Waals surface area contributed by atoms with E-state index in [1.54, 1.807) is 6.07 Å². The van der Waals surface area contributed by atoms with Gasteiger partial charge in [0.05, 0.1) is 5.56 Å². The Labute approximate surface area is 112 Å². The second kappa shape index (κ2) is 4.05. The monoisotopic (exact) mass is 258 g/mol. The molecule has 0 bridgehead atoms. The highest BCUT2D eigenvalue weighted by Crippen LogP contribution is 2.22. The second-order valence-corrected chi connectivity index (χ2v) is 6.17. The molecule has 0 aliphatic heterocycles. The molecule has 0 radical (unpaired) electrons. The van der Waals surface area contributed by atoms with Crippen LogP contribution in [0.1, 0.15) is 49.8 Å². The summed E-state index contributed by atoms with van der Waals surface area (Å²) in [5, 5.41) is 11.4. The van der Waals surface area contributed by atoms with Crippen molar-refractivity contribution in [2.24, 2.45) is 0 Å². The van der Waals surface area contributed by atoms with Gasteiger partial charge >= 0.3 is 0 Å². The van der Waals surface area contributed by atoms with Gasteiger partial charge in [0, 0.05) is 17.7 Å². The van der Waals surface area contributed by atoms with E-state index in [2.05, 4.69) is 36.3 Å². The lowest BCUT2D eigenvalue weighted by Gasteiger charge is -2.15. The highest BCUT2D eigenvalue weighted by molar-refractivity contribution is 5.94. The lowest BCUT2D eigenvalue weighted by atomic mass is 9.96. The predicted octanol–water partition coefficient (Wildman–Crippen LogP) is 1.92. The van der Waals surface area contributed by atoms with E-state index < -0.39 is 0 Å². The number of carbonyl (C=O) groups is 1. The molecule has 2 aromatic rings. The predicted molar refractivity (Wildman–Crippen MR) is 72.2 cm³/mol. The van der Waals surface area contributed by atoms with Crippen LogP contribution in [-0.4, -0.2) is 26.5 Å². The highest BCUT2D eigenvalue weighted by Gasteiger charge is 2.25. The van der Waals surface area contributed by atoms with Gasteiger partial charge in [0.1, 0.15) is 5.82 Å². The number of hydrogen-bond acceptors (Lipinski definition) is 3. The Balaban J connectivity index is 2.00. The van der Waals surface area contributed by atoms with Crippen LogP contribution in [0.3, 0.4) is 0 Å². The summed E-state index contributed by atoms with van der Waals surface area (Å²) < 4.78 is 1.90. The van der Waals surface area contributed by atoms with Crippen molar-refractivity contribution >= 4 is 11.6 Å². The molecule has 0 saturated heterocycles. The van der Waals surface area contributed by atoms with E-state index >= 15 is 0 Å². The van der Waals surface area contributed by atoms with E-state index in [1.807, 2.05) is 16.7 Å². The molecule has 0 spiro atoms. The summed E-state index contributed by atoms with van der Waals surface area (Å²) >= 11 is 0. The quantitative estimate of drug-likeness (QED) is 0.895. The Bertz CT molecular complexity index is 634. The van der Waals surface area contributed by atoms with Crippen molar-refractivity contribution in [2.75, 3.05) is 0 Å². The first kappa shape index (κ1) is 12.1. The van der Waals surface area contributed by atoms with Crippen LogP contribution in [0.5, 0.6) is 0 Å². The van der Waals surface area contributed by atoms with Crippen LogP contribution in [0.2, 0.25) is 0 Å². The van der Waals surface area contributed by atoms with Crippen LogP contribution in [-0.2, 0) is 5.41 Å². The molecular weight excluding hydrogens is 240 g/mol. The summed E-state index contributed by atoms with van der Waals surface area (Å²) in [4.78, 5) is 12.1. The van der Waals surface area contributed by atoms with Crippen LogP contribution < -0.4 is 5.32 Å². The van der Waals surface area contributed by atoms with Crippen LogP contribution in [0.15, 0.2) is 18.3 Å². The Morgan fingerprint density at radius 2 is 2.05 bits per heavy atom. The van der Waals surface area contributed by atoms with Gasteiger partial charge in [-0.15, -0.1) is 10.2 Å². The number of fused-ring (bicyclic) bond motifs is 1. The molecule has 1 amide bonds. The molecule has 1 aliphatic carbocycles. The van der Waals surface area contributed by atoms with Crippen LogP contribution >= 0.6 is 0 Å². The largest absolute Gasteiger partial charge is 0.349 e. The summed E-state index contributed by atoms with van der Waals surface area (Å²) in [6.45, 7) is 6.25. The minimum absolute atomic E-state index is 0.0158. The van der Waals surface area contributed by atoms with Crippen molar-refractivity contribution in [2.45, 2.75) is 45.1 Å². The topological polar surface area (TPSA) is 59.3 Å². The van der Waals surface area contributed by atoms with E-state index in [1.165, 1.54) is 0 Å². The van der Waals surface area contributed by atoms with E-state index in [9.17, 15) is 4.79 Å². The lowest BCUT2D eigenvalue weighted by molar-refractivity contribution is 0.0950. The normalized spacial score (nSPS) is 15.7. The average Bonchev–Trinajstić information content (AvgIpc) is 3.04. The maximum atomic E-state index is 12.1. The van der Waals surface area contributed by atoms with Crippen molar-refractivity contribution < 1.29 is 4.79 Å². The van der Waals surface area contributed by atoms with Gasteiger partial charge in [-0.2, -0.15) is 0 Å². The number of pyridine rings is 1. The maximum absolute atomic E-state index is 12.1. The first-order valence-corrected chi connectivity index (χ1v) is 6.61. The van der Waals surface area contributed by atoms with Crippen molar-refractivity contribution in [1.29, 1.82) is 0 Å². The molecule has 2 heterocycles. The Morgan fingerprint density at radius 1 is 1.32 bits per heavy atom. The van der Waals surface area contributed by atoms with E-state index in [0.29, 0.717) is 11.6 Å². The standard InChI is InChI=1S/C14H18N4O/c1-14(2,3)13-17-16-11-7-4-9(8-18(11)13)12(19)15-10-5-6-10/h4,7-8,10H,5-6H2,1-3H3,(H,15,19). The molecule has 1 fully saturated rings. The van der Waals surface area contributed by atoms with Gasteiger partial charge in [0.25, 0.3) is 5.91 Å². The number of carbonyl (C=O) groups excluding carboxylic acids is 1. The zero-order valence-electron chi connectivity index (χ0n) is 11.5. The first-order chi connectivity index (χ1) is 8.95. The molecule has 0 atom stereocenters. The van der Waals surface area contributed by atoms with Gasteiger partial charge in [-0.05, 0) is 25.0 Å². The number of nitrogens with one attached hydrogen (secondary N) is 1. The minimum atomic E-state index is -0.106. The molecular formula is C14H18N4O. The van der Waals surface area contributed by atoms with Crippen LogP contribution in [0, 0.1) is 0 Å². The zero-order chi connectivity index (χ0) is 13.6. The molecule has 3 rings (SSSR count). The number of hydrogen-bond donors (Lipinski definition) is 1.